The number of carboxylic acids is 1. The Kier molecular flexibility index (Phi) is 4.58. The third-order valence-corrected chi connectivity index (χ3v) is 7.48. The van der Waals surface area contributed by atoms with Crippen LogP contribution in [0.1, 0.15) is 35.8 Å². The van der Waals surface area contributed by atoms with Crippen LogP contribution in [-0.2, 0) is 4.79 Å². The van der Waals surface area contributed by atoms with E-state index in [1.807, 2.05) is 23.5 Å². The van der Waals surface area contributed by atoms with Gasteiger partial charge in [0.05, 0.1) is 10.9 Å². The van der Waals surface area contributed by atoms with Crippen LogP contribution in [0.5, 0.6) is 0 Å². The maximum Gasteiger partial charge on any atom is 0.326 e. The number of thiazole rings is 1. The zero-order valence-electron chi connectivity index (χ0n) is 10.2. The third-order valence-electron chi connectivity index (χ3n) is 2.95. The Morgan fingerprint density at radius 2 is 2.28 bits per heavy atom. The number of nitrogens with zero attached hydrogens (tertiary/aromatic N) is 1. The highest BCUT2D eigenvalue weighted by Gasteiger charge is 2.29. The highest BCUT2D eigenvalue weighted by molar-refractivity contribution is 8.07. The number of carboxylic acid groups (broad SMARTS) is 1. The molecule has 0 aliphatic carbocycles. The number of carbonyl (C=O) groups is 1. The number of aliphatic carboxylic acids is 1. The van der Waals surface area contributed by atoms with Crippen LogP contribution in [0, 0.1) is 0 Å². The highest BCUT2D eigenvalue weighted by atomic mass is 32.2. The number of hydrogen-bond acceptors (Lipinski definition) is 6. The van der Waals surface area contributed by atoms with Crippen LogP contribution < -0.4 is 5.73 Å². The SMILES string of the molecule is CC1SCC(c2nc(C(N)C(=O)O)cs2)SC1C. The smallest absolute Gasteiger partial charge is 0.326 e. The first-order valence-corrected chi connectivity index (χ1v) is 8.57. The number of thioether (sulfide) groups is 2. The van der Waals surface area contributed by atoms with Gasteiger partial charge in [-0.15, -0.1) is 23.1 Å². The minimum absolute atomic E-state index is 0.362. The van der Waals surface area contributed by atoms with Gasteiger partial charge in [-0.25, -0.2) is 4.98 Å². The van der Waals surface area contributed by atoms with Crippen LogP contribution in [0.25, 0.3) is 0 Å². The fourth-order valence-electron chi connectivity index (χ4n) is 1.63. The topological polar surface area (TPSA) is 76.2 Å². The fraction of sp³-hybridized carbons (Fsp3) is 0.636. The molecule has 0 amide bonds. The van der Waals surface area contributed by atoms with Crippen LogP contribution in [-0.4, -0.2) is 32.3 Å². The number of rotatable bonds is 3. The molecule has 0 radical (unpaired) electrons. The van der Waals surface area contributed by atoms with E-state index in [4.69, 9.17) is 10.8 Å². The standard InChI is InChI=1S/C11H16N2O2S3/c1-5-6(2)18-8(4-16-5)10-13-7(3-17-10)9(12)11(14)15/h3,5-6,8-9H,4,12H2,1-2H3,(H,14,15). The molecule has 3 N–H and O–H groups in total. The third kappa shape index (κ3) is 3.01. The van der Waals surface area contributed by atoms with Gasteiger partial charge in [-0.1, -0.05) is 13.8 Å². The Hall–Kier alpha value is -0.240. The second-order valence-electron chi connectivity index (χ2n) is 4.29. The number of nitrogens with two attached hydrogens (primary N) is 1. The van der Waals surface area contributed by atoms with E-state index in [1.54, 1.807) is 5.38 Å². The Morgan fingerprint density at radius 1 is 1.56 bits per heavy atom. The summed E-state index contributed by atoms with van der Waals surface area (Å²) in [5.41, 5.74) is 6.03. The van der Waals surface area contributed by atoms with Gasteiger partial charge in [0.15, 0.2) is 0 Å². The summed E-state index contributed by atoms with van der Waals surface area (Å²) in [4.78, 5) is 15.2. The second-order valence-corrected chi connectivity index (χ2v) is 8.18. The molecule has 0 saturated carbocycles. The molecule has 2 rings (SSSR count). The van der Waals surface area contributed by atoms with E-state index >= 15 is 0 Å². The van der Waals surface area contributed by atoms with E-state index in [0.717, 1.165) is 10.8 Å². The van der Waals surface area contributed by atoms with Gasteiger partial charge in [-0.05, 0) is 0 Å². The largest absolute Gasteiger partial charge is 0.480 e. The van der Waals surface area contributed by atoms with Crippen LogP contribution in [0.15, 0.2) is 5.38 Å². The average molecular weight is 304 g/mol. The minimum Gasteiger partial charge on any atom is -0.480 e. The van der Waals surface area contributed by atoms with Gasteiger partial charge in [-0.2, -0.15) is 11.8 Å². The van der Waals surface area contributed by atoms with Crippen molar-refractivity contribution >= 4 is 40.8 Å². The van der Waals surface area contributed by atoms with Crippen LogP contribution in [0.3, 0.4) is 0 Å². The fourth-order valence-corrected chi connectivity index (χ4v) is 5.70. The second kappa shape index (κ2) is 5.81. The first kappa shape index (κ1) is 14.2. The zero-order chi connectivity index (χ0) is 13.3. The van der Waals surface area contributed by atoms with Crippen molar-refractivity contribution in [3.05, 3.63) is 16.1 Å². The molecule has 1 aliphatic rings. The predicted octanol–water partition coefficient (Wildman–Crippen LogP) is 2.53. The molecule has 4 nitrogen and oxygen atoms in total. The molecular formula is C11H16N2O2S3. The van der Waals surface area contributed by atoms with Gasteiger partial charge >= 0.3 is 5.97 Å². The summed E-state index contributed by atoms with van der Waals surface area (Å²) in [6.07, 6.45) is 0. The normalized spacial score (nSPS) is 30.1. The molecule has 4 atom stereocenters. The summed E-state index contributed by atoms with van der Waals surface area (Å²) in [7, 11) is 0. The molecule has 100 valence electrons. The van der Waals surface area contributed by atoms with Crippen molar-refractivity contribution in [1.29, 1.82) is 0 Å². The van der Waals surface area contributed by atoms with Crippen molar-refractivity contribution in [3.63, 3.8) is 0 Å². The molecular weight excluding hydrogens is 288 g/mol. The predicted molar refractivity (Wildman–Crippen MR) is 78.4 cm³/mol. The molecule has 18 heavy (non-hydrogen) atoms. The van der Waals surface area contributed by atoms with Crippen molar-refractivity contribution in [2.24, 2.45) is 5.73 Å². The van der Waals surface area contributed by atoms with Gasteiger partial charge in [0.1, 0.15) is 11.0 Å². The maximum atomic E-state index is 10.8. The summed E-state index contributed by atoms with van der Waals surface area (Å²) in [5, 5.41) is 13.2. The summed E-state index contributed by atoms with van der Waals surface area (Å²) in [6, 6.07) is -1.01. The van der Waals surface area contributed by atoms with Crippen molar-refractivity contribution in [2.45, 2.75) is 35.6 Å². The van der Waals surface area contributed by atoms with Gasteiger partial charge < -0.3 is 10.8 Å². The molecule has 7 heteroatoms. The summed E-state index contributed by atoms with van der Waals surface area (Å²) < 4.78 is 0. The van der Waals surface area contributed by atoms with E-state index in [9.17, 15) is 4.79 Å². The molecule has 1 saturated heterocycles. The lowest BCUT2D eigenvalue weighted by Crippen LogP contribution is -2.23. The molecule has 1 aromatic rings. The van der Waals surface area contributed by atoms with E-state index < -0.39 is 12.0 Å². The molecule has 1 aliphatic heterocycles. The Balaban J connectivity index is 2.08. The molecule has 1 aromatic heterocycles. The van der Waals surface area contributed by atoms with E-state index in [-0.39, 0.29) is 0 Å². The first-order chi connectivity index (χ1) is 8.49. The van der Waals surface area contributed by atoms with Crippen molar-refractivity contribution in [1.82, 2.24) is 4.98 Å². The Labute approximate surface area is 119 Å². The quantitative estimate of drug-likeness (QED) is 0.893. The highest BCUT2D eigenvalue weighted by Crippen LogP contribution is 2.45. The molecule has 0 aromatic carbocycles. The summed E-state index contributed by atoms with van der Waals surface area (Å²) in [6.45, 7) is 4.47. The van der Waals surface area contributed by atoms with Crippen molar-refractivity contribution in [2.75, 3.05) is 5.75 Å². The molecule has 1 fully saturated rings. The van der Waals surface area contributed by atoms with Gasteiger partial charge in [-0.3, -0.25) is 4.79 Å². The first-order valence-electron chi connectivity index (χ1n) is 5.69. The van der Waals surface area contributed by atoms with E-state index in [2.05, 4.69) is 18.8 Å². The van der Waals surface area contributed by atoms with Gasteiger partial charge in [0.25, 0.3) is 0 Å². The number of aromatic nitrogens is 1. The Morgan fingerprint density at radius 3 is 2.89 bits per heavy atom. The van der Waals surface area contributed by atoms with Crippen LogP contribution in [0.2, 0.25) is 0 Å². The van der Waals surface area contributed by atoms with Crippen LogP contribution >= 0.6 is 34.9 Å². The van der Waals surface area contributed by atoms with Crippen molar-refractivity contribution < 1.29 is 9.90 Å². The minimum atomic E-state index is -1.03. The summed E-state index contributed by atoms with van der Waals surface area (Å²) in [5.74, 6) is 0.00494. The van der Waals surface area contributed by atoms with E-state index in [0.29, 0.717) is 21.4 Å². The number of hydrogen-bond donors (Lipinski definition) is 2. The molecule has 4 unspecified atom stereocenters. The summed E-state index contributed by atoms with van der Waals surface area (Å²) >= 11 is 5.39. The molecule has 0 bridgehead atoms. The van der Waals surface area contributed by atoms with E-state index in [1.165, 1.54) is 11.3 Å². The lowest BCUT2D eigenvalue weighted by molar-refractivity contribution is -0.138. The maximum absolute atomic E-state index is 10.8. The zero-order valence-corrected chi connectivity index (χ0v) is 12.6. The van der Waals surface area contributed by atoms with Crippen molar-refractivity contribution in [3.8, 4) is 0 Å². The monoisotopic (exact) mass is 304 g/mol. The van der Waals surface area contributed by atoms with Crippen LogP contribution in [0.4, 0.5) is 0 Å². The molecule has 2 heterocycles. The Bertz CT molecular complexity index is 438. The average Bonchev–Trinajstić information content (AvgIpc) is 2.81. The van der Waals surface area contributed by atoms with Gasteiger partial charge in [0.2, 0.25) is 0 Å². The lowest BCUT2D eigenvalue weighted by Gasteiger charge is -2.30. The molecule has 0 spiro atoms. The lowest BCUT2D eigenvalue weighted by atomic mass is 10.2. The van der Waals surface area contributed by atoms with Gasteiger partial charge in [0, 0.05) is 21.6 Å².